The summed E-state index contributed by atoms with van der Waals surface area (Å²) < 4.78 is 25.3. The highest BCUT2D eigenvalue weighted by Crippen LogP contribution is 1.93. The molecule has 0 aromatic carbocycles. The molecule has 0 spiro atoms. The average Bonchev–Trinajstić information content (AvgIpc) is 1.60. The summed E-state index contributed by atoms with van der Waals surface area (Å²) in [6.07, 6.45) is 0. The predicted octanol–water partition coefficient (Wildman–Crippen LogP) is -0.0179. The van der Waals surface area contributed by atoms with Gasteiger partial charge in [0.25, 0.3) is 0 Å². The minimum atomic E-state index is -2.28. The number of alkyl halides is 1. The first-order valence-electron chi connectivity index (χ1n) is 3.37. The van der Waals surface area contributed by atoms with Crippen molar-refractivity contribution in [2.24, 2.45) is 0 Å². The average molecular weight is 123 g/mol. The van der Waals surface area contributed by atoms with Crippen LogP contribution in [-0.4, -0.2) is 43.6 Å². The van der Waals surface area contributed by atoms with E-state index in [2.05, 4.69) is 0 Å². The van der Waals surface area contributed by atoms with Gasteiger partial charge in [0.2, 0.25) is 6.80 Å². The highest BCUT2D eigenvalue weighted by molar-refractivity contribution is 4.21. The summed E-state index contributed by atoms with van der Waals surface area (Å²) in [6.45, 7) is -3.20. The molecule has 1 N–H and O–H groups in total. The molecular weight excluding hydrogens is 108 g/mol. The number of halogens is 1. The fraction of sp³-hybridized carbons (Fsp3) is 1.00. The Kier molecular flexibility index (Phi) is 1.76. The Morgan fingerprint density at radius 1 is 1.75 bits per heavy atom. The minimum absolute atomic E-state index is 0.163. The normalized spacial score (nSPS) is 17.5. The van der Waals surface area contributed by atoms with Gasteiger partial charge in [-0.1, -0.05) is 0 Å². The van der Waals surface area contributed by atoms with Gasteiger partial charge in [-0.2, -0.15) is 4.39 Å². The van der Waals surface area contributed by atoms with Crippen molar-refractivity contribution in [2.45, 2.75) is 0 Å². The molecule has 3 heteroatoms. The van der Waals surface area contributed by atoms with Crippen molar-refractivity contribution in [3.05, 3.63) is 0 Å². The summed E-state index contributed by atoms with van der Waals surface area (Å²) in [5, 5.41) is 8.64. The van der Waals surface area contributed by atoms with E-state index in [0.29, 0.717) is 0 Å². The Hall–Kier alpha value is -0.150. The van der Waals surface area contributed by atoms with Crippen molar-refractivity contribution in [3.8, 4) is 0 Å². The lowest BCUT2D eigenvalue weighted by atomic mass is 10.5. The van der Waals surface area contributed by atoms with E-state index < -0.39 is 13.4 Å². The molecule has 0 amide bonds. The zero-order valence-electron chi connectivity index (χ0n) is 7.19. The Bertz CT molecular complexity index is 113. The molecule has 0 aliphatic carbocycles. The van der Waals surface area contributed by atoms with E-state index in [-0.39, 0.29) is 11.0 Å². The first kappa shape index (κ1) is 4.70. The van der Waals surface area contributed by atoms with Gasteiger partial charge in [-0.15, -0.1) is 0 Å². The molecule has 0 atom stereocenters. The monoisotopic (exact) mass is 123 g/mol. The third-order valence-corrected chi connectivity index (χ3v) is 0.822. The standard InChI is InChI=1S/C5H13FNO/c1-7(2,5-6)3-4-8/h8H,3-5H2,1-2H3/q+1/i4D2,6-1. The van der Waals surface area contributed by atoms with Crippen molar-refractivity contribution in [2.75, 3.05) is 34.0 Å². The lowest BCUT2D eigenvalue weighted by molar-refractivity contribution is -0.903. The van der Waals surface area contributed by atoms with Crippen LogP contribution in [0.5, 0.6) is 0 Å². The minimum Gasteiger partial charge on any atom is -0.391 e. The number of hydrogen-bond donors (Lipinski definition) is 1. The second-order valence-electron chi connectivity index (χ2n) is 2.37. The van der Waals surface area contributed by atoms with Crippen molar-refractivity contribution in [1.29, 1.82) is 0 Å². The molecule has 0 aliphatic rings. The van der Waals surface area contributed by atoms with Gasteiger partial charge in [0, 0.05) is 0 Å². The Labute approximate surface area is 51.9 Å². The SMILES string of the molecule is [2H]C([2H])(O)C[N+](C)(C)C[18F]. The fourth-order valence-electron chi connectivity index (χ4n) is 0.234. The number of rotatable bonds is 3. The van der Waals surface area contributed by atoms with Crippen LogP contribution in [0.15, 0.2) is 0 Å². The van der Waals surface area contributed by atoms with Gasteiger partial charge in [-0.05, 0) is 0 Å². The van der Waals surface area contributed by atoms with E-state index in [0.717, 1.165) is 0 Å². The van der Waals surface area contributed by atoms with Gasteiger partial charge in [-0.3, -0.25) is 0 Å². The van der Waals surface area contributed by atoms with Crippen molar-refractivity contribution >= 4 is 0 Å². The molecule has 50 valence electrons. The highest BCUT2D eigenvalue weighted by Gasteiger charge is 2.11. The zero-order valence-corrected chi connectivity index (χ0v) is 5.19. The lowest BCUT2D eigenvalue weighted by Crippen LogP contribution is -2.40. The summed E-state index contributed by atoms with van der Waals surface area (Å²) in [6, 6.07) is 0. The largest absolute Gasteiger partial charge is 0.391 e. The molecule has 0 aromatic rings. The summed E-state index contributed by atoms with van der Waals surface area (Å²) in [5.74, 6) is 0. The van der Waals surface area contributed by atoms with Gasteiger partial charge in [0.1, 0.15) is 6.54 Å². The molecule has 0 heterocycles. The van der Waals surface area contributed by atoms with E-state index >= 15 is 0 Å². The predicted molar refractivity (Wildman–Crippen MR) is 30.0 cm³/mol. The molecule has 0 radical (unpaired) electrons. The smallest absolute Gasteiger partial charge is 0.221 e. The van der Waals surface area contributed by atoms with Crippen molar-refractivity contribution in [1.82, 2.24) is 0 Å². The van der Waals surface area contributed by atoms with E-state index in [1.54, 1.807) is 0 Å². The maximum absolute atomic E-state index is 12.0. The van der Waals surface area contributed by atoms with Crippen LogP contribution >= 0.6 is 0 Å². The Morgan fingerprint density at radius 3 is 2.38 bits per heavy atom. The number of quaternary nitrogens is 1. The van der Waals surface area contributed by atoms with Crippen LogP contribution in [0, 0.1) is 0 Å². The van der Waals surface area contributed by atoms with Gasteiger partial charge in [-0.25, -0.2) is 0 Å². The fourth-order valence-corrected chi connectivity index (χ4v) is 0.234. The molecule has 0 unspecified atom stereocenters. The van der Waals surface area contributed by atoms with Crippen molar-refractivity contribution < 1.29 is 16.7 Å². The molecule has 0 aliphatic heterocycles. The molecule has 0 saturated carbocycles. The molecule has 0 aromatic heterocycles. The van der Waals surface area contributed by atoms with Gasteiger partial charge < -0.3 is 9.59 Å². The Morgan fingerprint density at radius 2 is 2.25 bits per heavy atom. The van der Waals surface area contributed by atoms with Crippen LogP contribution in [0.4, 0.5) is 4.39 Å². The van der Waals surface area contributed by atoms with Crippen LogP contribution < -0.4 is 0 Å². The summed E-state index contributed by atoms with van der Waals surface area (Å²) in [5.41, 5.74) is 0. The number of aliphatic hydroxyl groups is 1. The second kappa shape index (κ2) is 2.99. The van der Waals surface area contributed by atoms with Gasteiger partial charge in [0.05, 0.1) is 23.4 Å². The van der Waals surface area contributed by atoms with Crippen LogP contribution in [0.1, 0.15) is 2.74 Å². The molecule has 0 rings (SSSR count). The highest BCUT2D eigenvalue weighted by atomic mass is 18.2. The van der Waals surface area contributed by atoms with Crippen LogP contribution in [-0.2, 0) is 0 Å². The van der Waals surface area contributed by atoms with E-state index in [1.165, 1.54) is 14.1 Å². The number of hydrogen-bond acceptors (Lipinski definition) is 1. The van der Waals surface area contributed by atoms with Crippen LogP contribution in [0.3, 0.4) is 0 Å². The van der Waals surface area contributed by atoms with Crippen LogP contribution in [0.2, 0.25) is 0 Å². The molecule has 0 saturated heterocycles. The first-order chi connectivity index (χ1) is 4.27. The molecular formula is C5H13FNO+. The third-order valence-electron chi connectivity index (χ3n) is 0.822. The maximum atomic E-state index is 12.0. The Balaban J connectivity index is 3.89. The summed E-state index contributed by atoms with van der Waals surface area (Å²) >= 11 is 0. The zero-order chi connectivity index (χ0) is 8.41. The first-order valence-corrected chi connectivity index (χ1v) is 2.37. The molecule has 0 fully saturated rings. The summed E-state index contributed by atoms with van der Waals surface area (Å²) in [4.78, 5) is 0. The maximum Gasteiger partial charge on any atom is 0.221 e. The van der Waals surface area contributed by atoms with Crippen molar-refractivity contribution in [3.63, 3.8) is 0 Å². The van der Waals surface area contributed by atoms with E-state index in [4.69, 9.17) is 7.85 Å². The molecule has 0 bridgehead atoms. The molecule has 8 heavy (non-hydrogen) atoms. The van der Waals surface area contributed by atoms with E-state index in [9.17, 15) is 4.39 Å². The lowest BCUT2D eigenvalue weighted by Gasteiger charge is -2.24. The van der Waals surface area contributed by atoms with Gasteiger partial charge in [0.15, 0.2) is 0 Å². The number of likely N-dealkylation sites (N-methyl/N-ethyl adjacent to an activating group) is 1. The van der Waals surface area contributed by atoms with Gasteiger partial charge >= 0.3 is 0 Å². The number of nitrogens with zero attached hydrogens (tertiary/aromatic N) is 1. The summed E-state index contributed by atoms with van der Waals surface area (Å²) in [7, 11) is 3.02. The second-order valence-corrected chi connectivity index (χ2v) is 2.37. The third kappa shape index (κ3) is 2.93. The van der Waals surface area contributed by atoms with E-state index in [1.807, 2.05) is 0 Å². The topological polar surface area (TPSA) is 20.2 Å². The van der Waals surface area contributed by atoms with Crippen LogP contribution in [0.25, 0.3) is 0 Å². The molecule has 2 nitrogen and oxygen atoms in total. The quantitative estimate of drug-likeness (QED) is 0.413.